The Kier molecular flexibility index (Phi) is 3.06. The lowest BCUT2D eigenvalue weighted by molar-refractivity contribution is 0.642. The standard InChI is InChI=1S/C11H16N6/c1-8(2)7-17-11(9(6-12)14-15-17)10-4-5-13-16(10)3/h4-5H,1,6-7,12H2,2-3H3. The van der Waals surface area contributed by atoms with Crippen LogP contribution >= 0.6 is 0 Å². The summed E-state index contributed by atoms with van der Waals surface area (Å²) >= 11 is 0. The molecule has 0 aliphatic carbocycles. The van der Waals surface area contributed by atoms with Crippen molar-refractivity contribution < 1.29 is 0 Å². The van der Waals surface area contributed by atoms with Crippen molar-refractivity contribution >= 4 is 0 Å². The van der Waals surface area contributed by atoms with E-state index in [1.165, 1.54) is 0 Å². The van der Waals surface area contributed by atoms with Crippen molar-refractivity contribution in [3.05, 3.63) is 30.1 Å². The summed E-state index contributed by atoms with van der Waals surface area (Å²) < 4.78 is 3.59. The minimum absolute atomic E-state index is 0.358. The van der Waals surface area contributed by atoms with Crippen LogP contribution < -0.4 is 5.73 Å². The highest BCUT2D eigenvalue weighted by Gasteiger charge is 2.16. The maximum absolute atomic E-state index is 5.68. The van der Waals surface area contributed by atoms with Gasteiger partial charge >= 0.3 is 0 Å². The number of nitrogens with two attached hydrogens (primary N) is 1. The minimum Gasteiger partial charge on any atom is -0.325 e. The highest BCUT2D eigenvalue weighted by Crippen LogP contribution is 2.21. The fourth-order valence-electron chi connectivity index (χ4n) is 1.74. The number of rotatable bonds is 4. The number of nitrogens with zero attached hydrogens (tertiary/aromatic N) is 5. The first kappa shape index (κ1) is 11.5. The topological polar surface area (TPSA) is 74.6 Å². The van der Waals surface area contributed by atoms with E-state index in [1.54, 1.807) is 10.9 Å². The van der Waals surface area contributed by atoms with Crippen molar-refractivity contribution in [1.29, 1.82) is 0 Å². The van der Waals surface area contributed by atoms with Gasteiger partial charge in [0, 0.05) is 19.8 Å². The van der Waals surface area contributed by atoms with Crippen LogP contribution in [0.25, 0.3) is 11.4 Å². The Morgan fingerprint density at radius 2 is 2.29 bits per heavy atom. The molecule has 0 aliphatic heterocycles. The van der Waals surface area contributed by atoms with E-state index in [2.05, 4.69) is 22.0 Å². The van der Waals surface area contributed by atoms with Gasteiger partial charge in [0.2, 0.25) is 0 Å². The van der Waals surface area contributed by atoms with Crippen LogP contribution in [0.15, 0.2) is 24.4 Å². The van der Waals surface area contributed by atoms with Gasteiger partial charge in [0.1, 0.15) is 11.4 Å². The fourth-order valence-corrected chi connectivity index (χ4v) is 1.74. The lowest BCUT2D eigenvalue weighted by atomic mass is 10.2. The summed E-state index contributed by atoms with van der Waals surface area (Å²) in [6.45, 7) is 6.83. The van der Waals surface area contributed by atoms with E-state index in [9.17, 15) is 0 Å². The van der Waals surface area contributed by atoms with Crippen molar-refractivity contribution in [2.24, 2.45) is 12.8 Å². The molecule has 2 N–H and O–H groups in total. The second-order valence-corrected chi connectivity index (χ2v) is 4.04. The summed E-state index contributed by atoms with van der Waals surface area (Å²) in [5.41, 5.74) is 9.34. The van der Waals surface area contributed by atoms with Crippen LogP contribution in [0.2, 0.25) is 0 Å². The zero-order chi connectivity index (χ0) is 12.4. The van der Waals surface area contributed by atoms with Crippen LogP contribution in [-0.4, -0.2) is 24.8 Å². The molecule has 2 aromatic heterocycles. The summed E-state index contributed by atoms with van der Waals surface area (Å²) in [4.78, 5) is 0. The second-order valence-electron chi connectivity index (χ2n) is 4.04. The Morgan fingerprint density at radius 1 is 1.53 bits per heavy atom. The largest absolute Gasteiger partial charge is 0.325 e. The molecule has 0 spiro atoms. The lowest BCUT2D eigenvalue weighted by Gasteiger charge is -2.07. The Balaban J connectivity index is 2.53. The highest BCUT2D eigenvalue weighted by molar-refractivity contribution is 5.57. The Morgan fingerprint density at radius 3 is 2.82 bits per heavy atom. The van der Waals surface area contributed by atoms with Crippen molar-refractivity contribution in [2.75, 3.05) is 0 Å². The van der Waals surface area contributed by atoms with Gasteiger partial charge in [0.05, 0.1) is 12.2 Å². The number of hydrogen-bond acceptors (Lipinski definition) is 4. The van der Waals surface area contributed by atoms with Crippen LogP contribution in [-0.2, 0) is 20.1 Å². The van der Waals surface area contributed by atoms with Crippen LogP contribution in [0.3, 0.4) is 0 Å². The number of allylic oxidation sites excluding steroid dienone is 1. The quantitative estimate of drug-likeness (QED) is 0.788. The third kappa shape index (κ3) is 2.12. The monoisotopic (exact) mass is 232 g/mol. The van der Waals surface area contributed by atoms with Gasteiger partial charge in [-0.2, -0.15) is 5.10 Å². The molecule has 0 bridgehead atoms. The SMILES string of the molecule is C=C(C)Cn1nnc(CN)c1-c1ccnn1C. The molecule has 0 fully saturated rings. The van der Waals surface area contributed by atoms with E-state index in [4.69, 9.17) is 5.73 Å². The molecule has 0 aliphatic rings. The average Bonchev–Trinajstić information content (AvgIpc) is 2.83. The number of aryl methyl sites for hydroxylation is 1. The van der Waals surface area contributed by atoms with E-state index in [0.29, 0.717) is 13.1 Å². The molecule has 6 heteroatoms. The molecular weight excluding hydrogens is 216 g/mol. The minimum atomic E-state index is 0.358. The maximum atomic E-state index is 5.68. The van der Waals surface area contributed by atoms with E-state index >= 15 is 0 Å². The van der Waals surface area contributed by atoms with Gasteiger partial charge < -0.3 is 5.73 Å². The van der Waals surface area contributed by atoms with Gasteiger partial charge in [-0.1, -0.05) is 17.4 Å². The second kappa shape index (κ2) is 4.50. The smallest absolute Gasteiger partial charge is 0.112 e. The summed E-state index contributed by atoms with van der Waals surface area (Å²) in [5.74, 6) is 0. The maximum Gasteiger partial charge on any atom is 0.112 e. The van der Waals surface area contributed by atoms with Crippen molar-refractivity contribution in [3.63, 3.8) is 0 Å². The zero-order valence-electron chi connectivity index (χ0n) is 10.1. The van der Waals surface area contributed by atoms with Gasteiger partial charge in [0.15, 0.2) is 0 Å². The summed E-state index contributed by atoms with van der Waals surface area (Å²) in [7, 11) is 1.88. The van der Waals surface area contributed by atoms with Crippen LogP contribution in [0.5, 0.6) is 0 Å². The van der Waals surface area contributed by atoms with Crippen molar-refractivity contribution in [2.45, 2.75) is 20.0 Å². The first-order valence-corrected chi connectivity index (χ1v) is 5.38. The molecule has 0 atom stereocenters. The predicted molar refractivity (Wildman–Crippen MR) is 64.9 cm³/mol. The average molecular weight is 232 g/mol. The van der Waals surface area contributed by atoms with Crippen molar-refractivity contribution in [1.82, 2.24) is 24.8 Å². The van der Waals surface area contributed by atoms with Crippen LogP contribution in [0.4, 0.5) is 0 Å². The molecule has 0 unspecified atom stereocenters. The fraction of sp³-hybridized carbons (Fsp3) is 0.364. The van der Waals surface area contributed by atoms with Gasteiger partial charge in [-0.3, -0.25) is 4.68 Å². The van der Waals surface area contributed by atoms with Gasteiger partial charge in [-0.25, -0.2) is 4.68 Å². The highest BCUT2D eigenvalue weighted by atomic mass is 15.4. The molecule has 0 saturated heterocycles. The lowest BCUT2D eigenvalue weighted by Crippen LogP contribution is -2.07. The third-order valence-corrected chi connectivity index (χ3v) is 2.48. The zero-order valence-corrected chi connectivity index (χ0v) is 10.1. The molecule has 2 aromatic rings. The first-order valence-electron chi connectivity index (χ1n) is 5.38. The molecule has 0 radical (unpaired) electrons. The molecule has 0 saturated carbocycles. The van der Waals surface area contributed by atoms with Crippen molar-refractivity contribution in [3.8, 4) is 11.4 Å². The van der Waals surface area contributed by atoms with E-state index in [0.717, 1.165) is 22.7 Å². The Bertz CT molecular complexity index is 536. The third-order valence-electron chi connectivity index (χ3n) is 2.48. The molecular formula is C11H16N6. The van der Waals surface area contributed by atoms with Gasteiger partial charge in [-0.15, -0.1) is 5.10 Å². The van der Waals surface area contributed by atoms with E-state index < -0.39 is 0 Å². The Labute approximate surface area is 99.7 Å². The predicted octanol–water partition coefficient (Wildman–Crippen LogP) is 0.713. The first-order chi connectivity index (χ1) is 8.13. The molecule has 6 nitrogen and oxygen atoms in total. The molecule has 17 heavy (non-hydrogen) atoms. The Hall–Kier alpha value is -1.95. The van der Waals surface area contributed by atoms with Crippen LogP contribution in [0, 0.1) is 0 Å². The summed E-state index contributed by atoms with van der Waals surface area (Å²) in [6, 6.07) is 1.92. The normalized spacial score (nSPS) is 10.8. The van der Waals surface area contributed by atoms with E-state index in [1.807, 2.05) is 24.7 Å². The summed E-state index contributed by atoms with van der Waals surface area (Å²) in [6.07, 6.45) is 1.74. The molecule has 0 aromatic carbocycles. The van der Waals surface area contributed by atoms with E-state index in [-0.39, 0.29) is 0 Å². The molecule has 90 valence electrons. The number of hydrogen-bond donors (Lipinski definition) is 1. The van der Waals surface area contributed by atoms with Crippen LogP contribution in [0.1, 0.15) is 12.6 Å². The van der Waals surface area contributed by atoms with Gasteiger partial charge in [0.25, 0.3) is 0 Å². The summed E-state index contributed by atoms with van der Waals surface area (Å²) in [5, 5.41) is 12.4. The molecule has 2 rings (SSSR count). The number of aromatic nitrogens is 5. The van der Waals surface area contributed by atoms with Gasteiger partial charge in [-0.05, 0) is 13.0 Å². The molecule has 2 heterocycles. The molecule has 0 amide bonds.